The molecule has 1 fully saturated rings. The Bertz CT molecular complexity index is 631. The molecule has 8 heteroatoms. The van der Waals surface area contributed by atoms with Crippen LogP contribution in [0.3, 0.4) is 0 Å². The third-order valence-corrected chi connectivity index (χ3v) is 5.70. The van der Waals surface area contributed by atoms with E-state index >= 15 is 0 Å². The number of halogens is 1. The van der Waals surface area contributed by atoms with E-state index in [1.807, 2.05) is 13.8 Å². The monoisotopic (exact) mass is 378 g/mol. The van der Waals surface area contributed by atoms with Crippen molar-refractivity contribution in [3.63, 3.8) is 0 Å². The molecule has 0 aromatic heterocycles. The van der Waals surface area contributed by atoms with Crippen LogP contribution in [0.5, 0.6) is 11.5 Å². The predicted molar refractivity (Wildman–Crippen MR) is 96.6 cm³/mol. The number of sulfonamides is 1. The van der Waals surface area contributed by atoms with Crippen molar-refractivity contribution in [2.75, 3.05) is 19.8 Å². The molecule has 1 aromatic carbocycles. The first-order valence-electron chi connectivity index (χ1n) is 8.10. The molecule has 1 saturated carbocycles. The minimum absolute atomic E-state index is 0. The molecular formula is C16H27ClN2O4S. The van der Waals surface area contributed by atoms with E-state index in [4.69, 9.17) is 15.2 Å². The molecule has 6 nitrogen and oxygen atoms in total. The predicted octanol–water partition coefficient (Wildman–Crippen LogP) is 2.46. The minimum Gasteiger partial charge on any atom is -0.490 e. The van der Waals surface area contributed by atoms with Crippen molar-refractivity contribution in [3.05, 3.63) is 18.2 Å². The standard InChI is InChI=1S/C16H26N2O4S.ClH/c1-3-21-14-8-7-13(11-15(14)22-4-2)23(19,20)18-16(12-17)9-5-6-10-16;/h7-8,11,18H,3-6,9-10,12,17H2,1-2H3;1H. The summed E-state index contributed by atoms with van der Waals surface area (Å²) in [5.74, 6) is 0.980. The molecule has 0 spiro atoms. The summed E-state index contributed by atoms with van der Waals surface area (Å²) < 4.78 is 39.2. The fourth-order valence-corrected chi connectivity index (χ4v) is 4.43. The zero-order chi connectivity index (χ0) is 16.9. The van der Waals surface area contributed by atoms with Crippen LogP contribution in [0.25, 0.3) is 0 Å². The average Bonchev–Trinajstić information content (AvgIpc) is 2.98. The van der Waals surface area contributed by atoms with Crippen LogP contribution in [-0.4, -0.2) is 33.7 Å². The third kappa shape index (κ3) is 4.75. The highest BCUT2D eigenvalue weighted by molar-refractivity contribution is 7.89. The summed E-state index contributed by atoms with van der Waals surface area (Å²) in [6.07, 6.45) is 3.54. The summed E-state index contributed by atoms with van der Waals surface area (Å²) in [4.78, 5) is 0.170. The highest BCUT2D eigenvalue weighted by Gasteiger charge is 2.37. The van der Waals surface area contributed by atoms with Gasteiger partial charge in [-0.25, -0.2) is 13.1 Å². The van der Waals surface area contributed by atoms with Crippen LogP contribution < -0.4 is 19.9 Å². The van der Waals surface area contributed by atoms with Crippen molar-refractivity contribution in [1.82, 2.24) is 4.72 Å². The minimum atomic E-state index is -3.65. The largest absolute Gasteiger partial charge is 0.490 e. The molecule has 2 rings (SSSR count). The van der Waals surface area contributed by atoms with Gasteiger partial charge in [0.15, 0.2) is 11.5 Å². The normalized spacial score (nSPS) is 16.5. The number of benzene rings is 1. The van der Waals surface area contributed by atoms with E-state index in [0.717, 1.165) is 25.7 Å². The molecule has 0 heterocycles. The zero-order valence-corrected chi connectivity index (χ0v) is 15.8. The summed E-state index contributed by atoms with van der Waals surface area (Å²) in [5, 5.41) is 0. The molecule has 0 bridgehead atoms. The molecule has 1 aliphatic rings. The van der Waals surface area contributed by atoms with Crippen molar-refractivity contribution in [1.29, 1.82) is 0 Å². The topological polar surface area (TPSA) is 90.7 Å². The molecule has 0 saturated heterocycles. The Morgan fingerprint density at radius 3 is 2.25 bits per heavy atom. The Morgan fingerprint density at radius 1 is 1.12 bits per heavy atom. The van der Waals surface area contributed by atoms with Gasteiger partial charge in [-0.15, -0.1) is 12.4 Å². The smallest absolute Gasteiger partial charge is 0.241 e. The summed E-state index contributed by atoms with van der Waals surface area (Å²) in [5.41, 5.74) is 5.30. The molecule has 3 N–H and O–H groups in total. The lowest BCUT2D eigenvalue weighted by Gasteiger charge is -2.28. The zero-order valence-electron chi connectivity index (χ0n) is 14.2. The Morgan fingerprint density at radius 2 is 1.71 bits per heavy atom. The number of hydrogen-bond donors (Lipinski definition) is 2. The summed E-state index contributed by atoms with van der Waals surface area (Å²) in [6, 6.07) is 4.68. The summed E-state index contributed by atoms with van der Waals surface area (Å²) in [6.45, 7) is 4.94. The van der Waals surface area contributed by atoms with E-state index in [-0.39, 0.29) is 17.3 Å². The lowest BCUT2D eigenvalue weighted by atomic mass is 10.0. The van der Waals surface area contributed by atoms with E-state index < -0.39 is 15.6 Å². The fourth-order valence-electron chi connectivity index (χ4n) is 2.94. The SMILES string of the molecule is CCOc1ccc(S(=O)(=O)NC2(CN)CCCC2)cc1OCC.Cl. The number of ether oxygens (including phenoxy) is 2. The van der Waals surface area contributed by atoms with Crippen molar-refractivity contribution in [3.8, 4) is 11.5 Å². The first-order valence-corrected chi connectivity index (χ1v) is 9.58. The Labute approximate surface area is 150 Å². The van der Waals surface area contributed by atoms with Crippen LogP contribution >= 0.6 is 12.4 Å². The Kier molecular flexibility index (Phi) is 7.79. The highest BCUT2D eigenvalue weighted by atomic mass is 35.5. The van der Waals surface area contributed by atoms with Crippen molar-refractivity contribution in [2.24, 2.45) is 5.73 Å². The van der Waals surface area contributed by atoms with Gasteiger partial charge in [0.2, 0.25) is 10.0 Å². The van der Waals surface area contributed by atoms with E-state index in [1.54, 1.807) is 6.07 Å². The van der Waals surface area contributed by atoms with E-state index in [0.29, 0.717) is 31.3 Å². The van der Waals surface area contributed by atoms with Crippen molar-refractivity contribution < 1.29 is 17.9 Å². The maximum atomic E-state index is 12.7. The van der Waals surface area contributed by atoms with Gasteiger partial charge in [0.25, 0.3) is 0 Å². The van der Waals surface area contributed by atoms with Crippen LogP contribution in [-0.2, 0) is 10.0 Å². The second-order valence-electron chi connectivity index (χ2n) is 5.77. The van der Waals surface area contributed by atoms with Crippen LogP contribution in [0.15, 0.2) is 23.1 Å². The molecule has 138 valence electrons. The first kappa shape index (κ1) is 21.0. The molecule has 0 atom stereocenters. The lowest BCUT2D eigenvalue weighted by Crippen LogP contribution is -2.51. The van der Waals surface area contributed by atoms with Gasteiger partial charge in [-0.2, -0.15) is 0 Å². The molecule has 24 heavy (non-hydrogen) atoms. The van der Waals surface area contributed by atoms with E-state index in [1.165, 1.54) is 12.1 Å². The quantitative estimate of drug-likeness (QED) is 0.725. The second-order valence-corrected chi connectivity index (χ2v) is 7.45. The van der Waals surface area contributed by atoms with Crippen LogP contribution in [0.4, 0.5) is 0 Å². The van der Waals surface area contributed by atoms with Gasteiger partial charge in [-0.05, 0) is 38.8 Å². The molecule has 0 radical (unpaired) electrons. The van der Waals surface area contributed by atoms with Gasteiger partial charge in [0, 0.05) is 18.2 Å². The van der Waals surface area contributed by atoms with E-state index in [2.05, 4.69) is 4.72 Å². The maximum absolute atomic E-state index is 12.7. The maximum Gasteiger partial charge on any atom is 0.241 e. The van der Waals surface area contributed by atoms with E-state index in [9.17, 15) is 8.42 Å². The molecular weight excluding hydrogens is 352 g/mol. The van der Waals surface area contributed by atoms with Crippen LogP contribution in [0.2, 0.25) is 0 Å². The number of hydrogen-bond acceptors (Lipinski definition) is 5. The number of nitrogens with one attached hydrogen (secondary N) is 1. The molecule has 0 unspecified atom stereocenters. The first-order chi connectivity index (χ1) is 11.0. The lowest BCUT2D eigenvalue weighted by molar-refractivity contribution is 0.287. The van der Waals surface area contributed by atoms with Gasteiger partial charge in [-0.3, -0.25) is 0 Å². The Balaban J connectivity index is 0.00000288. The number of rotatable bonds is 8. The van der Waals surface area contributed by atoms with Gasteiger partial charge < -0.3 is 15.2 Å². The van der Waals surface area contributed by atoms with Crippen molar-refractivity contribution in [2.45, 2.75) is 50.0 Å². The van der Waals surface area contributed by atoms with Gasteiger partial charge >= 0.3 is 0 Å². The summed E-state index contributed by atoms with van der Waals surface area (Å²) in [7, 11) is -3.65. The Hall–Kier alpha value is -1.02. The third-order valence-electron chi connectivity index (χ3n) is 4.13. The summed E-state index contributed by atoms with van der Waals surface area (Å²) >= 11 is 0. The average molecular weight is 379 g/mol. The van der Waals surface area contributed by atoms with Gasteiger partial charge in [0.1, 0.15) is 0 Å². The van der Waals surface area contributed by atoms with Gasteiger partial charge in [-0.1, -0.05) is 12.8 Å². The molecule has 1 aromatic rings. The van der Waals surface area contributed by atoms with Crippen molar-refractivity contribution >= 4 is 22.4 Å². The highest BCUT2D eigenvalue weighted by Crippen LogP contribution is 2.33. The molecule has 0 aliphatic heterocycles. The molecule has 1 aliphatic carbocycles. The number of nitrogens with two attached hydrogens (primary N) is 1. The van der Waals surface area contributed by atoms with Crippen LogP contribution in [0, 0.1) is 0 Å². The van der Waals surface area contributed by atoms with Crippen LogP contribution in [0.1, 0.15) is 39.5 Å². The van der Waals surface area contributed by atoms with Gasteiger partial charge in [0.05, 0.1) is 18.1 Å². The second kappa shape index (κ2) is 8.89. The fraction of sp³-hybridized carbons (Fsp3) is 0.625. The molecule has 0 amide bonds.